The van der Waals surface area contributed by atoms with Crippen LogP contribution in [0.2, 0.25) is 0 Å². The number of hydrogen-bond donors (Lipinski definition) is 0. The minimum absolute atomic E-state index is 0.106. The van der Waals surface area contributed by atoms with Gasteiger partial charge in [-0.15, -0.1) is 0 Å². The van der Waals surface area contributed by atoms with Gasteiger partial charge in [0.15, 0.2) is 0 Å². The molecule has 23 heavy (non-hydrogen) atoms. The molecule has 0 radical (unpaired) electrons. The van der Waals surface area contributed by atoms with Gasteiger partial charge in [-0.05, 0) is 34.8 Å². The molecule has 7 heteroatoms. The Morgan fingerprint density at radius 2 is 1.09 bits per heavy atom. The van der Waals surface area contributed by atoms with Gasteiger partial charge in [-0.25, -0.2) is 0 Å². The van der Waals surface area contributed by atoms with Gasteiger partial charge in [0.2, 0.25) is 0 Å². The Balaban J connectivity index is 2.01. The second-order valence-electron chi connectivity index (χ2n) is 7.30. The number of hydrogen-bond acceptors (Lipinski definition) is 3. The summed E-state index contributed by atoms with van der Waals surface area (Å²) in [7, 11) is 0. The van der Waals surface area contributed by atoms with Gasteiger partial charge in [0.05, 0.1) is 11.8 Å². The van der Waals surface area contributed by atoms with E-state index in [1.54, 1.807) is 12.2 Å². The molecule has 2 fully saturated rings. The number of carbonyl (C=O) groups excluding carboxylic acids is 2. The van der Waals surface area contributed by atoms with E-state index in [-0.39, 0.29) is 31.6 Å². The lowest BCUT2D eigenvalue weighted by atomic mass is 10.1. The quantitative estimate of drug-likeness (QED) is 0.479. The van der Waals surface area contributed by atoms with E-state index in [1.807, 2.05) is 27.7 Å². The molecule has 0 heterocycles. The van der Waals surface area contributed by atoms with Crippen LogP contribution < -0.4 is 0 Å². The lowest BCUT2D eigenvalue weighted by molar-refractivity contribution is -0.162. The van der Waals surface area contributed by atoms with E-state index < -0.39 is 23.8 Å². The summed E-state index contributed by atoms with van der Waals surface area (Å²) in [5, 5.41) is 0. The smallest absolute Gasteiger partial charge is 0.317 e. The summed E-state index contributed by atoms with van der Waals surface area (Å²) in [6.07, 6.45) is 3.22. The van der Waals surface area contributed by atoms with Crippen molar-refractivity contribution in [2.24, 2.45) is 34.5 Å². The van der Waals surface area contributed by atoms with Crippen LogP contribution in [0.5, 0.6) is 0 Å². The Labute approximate surface area is 155 Å². The number of halogens is 4. The maximum Gasteiger partial charge on any atom is 0.317 e. The van der Waals surface area contributed by atoms with Crippen molar-refractivity contribution >= 4 is 58.3 Å². The summed E-state index contributed by atoms with van der Waals surface area (Å²) >= 11 is 22.6. The zero-order chi connectivity index (χ0) is 17.7. The van der Waals surface area contributed by atoms with Gasteiger partial charge in [0.25, 0.3) is 0 Å². The molecule has 2 rings (SSSR count). The second-order valence-corrected chi connectivity index (χ2v) is 9.32. The number of rotatable bonds is 4. The summed E-state index contributed by atoms with van der Waals surface area (Å²) in [6.45, 7) is 7.62. The third kappa shape index (κ3) is 3.73. The maximum atomic E-state index is 12.3. The van der Waals surface area contributed by atoms with E-state index in [9.17, 15) is 9.59 Å². The third-order valence-corrected chi connectivity index (χ3v) is 5.65. The molecule has 0 amide bonds. The molecule has 0 saturated heterocycles. The highest BCUT2D eigenvalue weighted by Crippen LogP contribution is 2.62. The average molecular weight is 400 g/mol. The average Bonchev–Trinajstić information content (AvgIpc) is 3.08. The topological polar surface area (TPSA) is 43.4 Å². The molecule has 0 spiro atoms. The fraction of sp³-hybridized carbons (Fsp3) is 0.625. The van der Waals surface area contributed by atoms with Crippen molar-refractivity contribution in [1.29, 1.82) is 0 Å². The first-order valence-electron chi connectivity index (χ1n) is 7.22. The van der Waals surface area contributed by atoms with Gasteiger partial charge >= 0.3 is 11.9 Å². The first kappa shape index (κ1) is 19.1. The van der Waals surface area contributed by atoms with E-state index in [1.165, 1.54) is 0 Å². The van der Waals surface area contributed by atoms with Crippen molar-refractivity contribution in [3.63, 3.8) is 0 Å². The molecule has 2 saturated carbocycles. The number of carbonyl (C=O) groups is 2. The van der Waals surface area contributed by atoms with E-state index in [0.717, 1.165) is 0 Å². The summed E-state index contributed by atoms with van der Waals surface area (Å²) in [4.78, 5) is 24.5. The number of esters is 2. The van der Waals surface area contributed by atoms with Crippen LogP contribution in [0.3, 0.4) is 0 Å². The van der Waals surface area contributed by atoms with Crippen LogP contribution in [0, 0.1) is 34.5 Å². The minimum atomic E-state index is -0.543. The van der Waals surface area contributed by atoms with Crippen LogP contribution in [0.1, 0.15) is 27.7 Å². The lowest BCUT2D eigenvalue weighted by Crippen LogP contribution is -2.19. The zero-order valence-electron chi connectivity index (χ0n) is 13.2. The standard InChI is InChI=1S/C16H18Cl4O3/c1-15(2)7(5-9(17)18)11(15)13(21)23-14(22)12-8(6-10(19)20)16(12,3)4/h5-8,11-12H,1-4H3/t7-,8-,11-,12-/m0/s1. The maximum absolute atomic E-state index is 12.3. The molecule has 0 bridgehead atoms. The highest BCUT2D eigenvalue weighted by Gasteiger charge is 2.65. The minimum Gasteiger partial charge on any atom is -0.393 e. The highest BCUT2D eigenvalue weighted by molar-refractivity contribution is 6.56. The van der Waals surface area contributed by atoms with Crippen molar-refractivity contribution in [1.82, 2.24) is 0 Å². The molecule has 0 aromatic rings. The Kier molecular flexibility index (Phi) is 5.20. The monoisotopic (exact) mass is 398 g/mol. The van der Waals surface area contributed by atoms with Crippen molar-refractivity contribution in [2.45, 2.75) is 27.7 Å². The summed E-state index contributed by atoms with van der Waals surface area (Å²) in [5.74, 6) is -2.20. The van der Waals surface area contributed by atoms with Gasteiger partial charge < -0.3 is 4.74 Å². The van der Waals surface area contributed by atoms with Crippen molar-refractivity contribution in [3.8, 4) is 0 Å². The first-order valence-corrected chi connectivity index (χ1v) is 8.73. The van der Waals surface area contributed by atoms with Gasteiger partial charge in [0, 0.05) is 0 Å². The Morgan fingerprint density at radius 3 is 1.35 bits per heavy atom. The van der Waals surface area contributed by atoms with Gasteiger partial charge in [-0.1, -0.05) is 74.1 Å². The molecule has 2 aliphatic rings. The first-order chi connectivity index (χ1) is 10.4. The molecule has 0 N–H and O–H groups in total. The van der Waals surface area contributed by atoms with Gasteiger partial charge in [-0.3, -0.25) is 9.59 Å². The Hall–Kier alpha value is -0.220. The lowest BCUT2D eigenvalue weighted by Gasteiger charge is -2.05. The molecule has 2 aliphatic carbocycles. The SMILES string of the molecule is CC1(C)[C@H](C(=O)OC(=O)[C@@H]2[C@H](C=C(Cl)Cl)C2(C)C)[C@@H]1C=C(Cl)Cl. The van der Waals surface area contributed by atoms with E-state index in [2.05, 4.69) is 0 Å². The molecule has 0 unspecified atom stereocenters. The largest absolute Gasteiger partial charge is 0.393 e. The Morgan fingerprint density at radius 1 is 0.783 bits per heavy atom. The Bertz CT molecular complexity index is 546. The van der Waals surface area contributed by atoms with Crippen molar-refractivity contribution < 1.29 is 14.3 Å². The van der Waals surface area contributed by atoms with Gasteiger partial charge in [0.1, 0.15) is 8.98 Å². The molecule has 0 aromatic heterocycles. The molecular weight excluding hydrogens is 382 g/mol. The normalized spacial score (nSPS) is 32.5. The summed E-state index contributed by atoms with van der Waals surface area (Å²) in [6, 6.07) is 0. The predicted octanol–water partition coefficient (Wildman–Crippen LogP) is 5.24. The van der Waals surface area contributed by atoms with E-state index >= 15 is 0 Å². The molecule has 128 valence electrons. The molecule has 4 atom stereocenters. The van der Waals surface area contributed by atoms with Crippen LogP contribution >= 0.6 is 46.4 Å². The summed E-state index contributed by atoms with van der Waals surface area (Å²) < 4.78 is 5.30. The fourth-order valence-corrected chi connectivity index (χ4v) is 3.92. The number of ether oxygens (including phenoxy) is 1. The van der Waals surface area contributed by atoms with Crippen LogP contribution in [0.4, 0.5) is 0 Å². The van der Waals surface area contributed by atoms with Crippen molar-refractivity contribution in [3.05, 3.63) is 21.1 Å². The molecule has 3 nitrogen and oxygen atoms in total. The predicted molar refractivity (Wildman–Crippen MR) is 92.2 cm³/mol. The highest BCUT2D eigenvalue weighted by atomic mass is 35.5. The van der Waals surface area contributed by atoms with Crippen LogP contribution in [-0.2, 0) is 14.3 Å². The molecular formula is C16H18Cl4O3. The molecule has 0 aromatic carbocycles. The van der Waals surface area contributed by atoms with E-state index in [0.29, 0.717) is 0 Å². The number of allylic oxidation sites excluding steroid dienone is 2. The van der Waals surface area contributed by atoms with E-state index in [4.69, 9.17) is 51.1 Å². The third-order valence-electron chi connectivity index (χ3n) is 5.14. The van der Waals surface area contributed by atoms with Crippen molar-refractivity contribution in [2.75, 3.05) is 0 Å². The fourth-order valence-electron chi connectivity index (χ4n) is 3.38. The van der Waals surface area contributed by atoms with Crippen LogP contribution in [0.15, 0.2) is 21.1 Å². The molecule has 0 aliphatic heterocycles. The van der Waals surface area contributed by atoms with Crippen LogP contribution in [0.25, 0.3) is 0 Å². The zero-order valence-corrected chi connectivity index (χ0v) is 16.2. The summed E-state index contributed by atoms with van der Waals surface area (Å²) in [5.41, 5.74) is -0.658. The second kappa shape index (κ2) is 6.25. The van der Waals surface area contributed by atoms with Gasteiger partial charge in [-0.2, -0.15) is 0 Å². The van der Waals surface area contributed by atoms with Crippen LogP contribution in [-0.4, -0.2) is 11.9 Å².